The predicted molar refractivity (Wildman–Crippen MR) is 73.4 cm³/mol. The predicted octanol–water partition coefficient (Wildman–Crippen LogP) is 2.06. The average molecular weight is 253 g/mol. The Morgan fingerprint density at radius 3 is 2.53 bits per heavy atom. The molecule has 1 rings (SSSR count). The molecule has 0 saturated heterocycles. The molecular weight excluding hydrogens is 234 g/mol. The maximum absolute atomic E-state index is 8.78. The van der Waals surface area contributed by atoms with Crippen LogP contribution in [0.25, 0.3) is 0 Å². The van der Waals surface area contributed by atoms with Crippen LogP contribution >= 0.6 is 12.2 Å². The van der Waals surface area contributed by atoms with Crippen LogP contribution in [0.4, 0.5) is 0 Å². The number of aliphatic hydroxyl groups excluding tert-OH is 1. The standard InChI is InChI=1S/C13H19NO2S/c14-13(17)3-1-2-10-16-12-6-4-11(5-7-12)8-9-15/h4-7,15H,1-3,8-10H2,(H2,14,17). The number of unbranched alkanes of at least 4 members (excludes halogenated alkanes) is 1. The molecule has 4 heteroatoms. The molecule has 0 amide bonds. The average Bonchev–Trinajstić information content (AvgIpc) is 2.31. The summed E-state index contributed by atoms with van der Waals surface area (Å²) in [4.78, 5) is 0.568. The van der Waals surface area contributed by atoms with Gasteiger partial charge < -0.3 is 15.6 Å². The first-order valence-electron chi connectivity index (χ1n) is 5.83. The van der Waals surface area contributed by atoms with E-state index in [4.69, 9.17) is 27.8 Å². The molecule has 0 saturated carbocycles. The van der Waals surface area contributed by atoms with Gasteiger partial charge in [-0.3, -0.25) is 0 Å². The molecule has 94 valence electrons. The number of hydrogen-bond acceptors (Lipinski definition) is 3. The van der Waals surface area contributed by atoms with Crippen molar-refractivity contribution in [2.24, 2.45) is 5.73 Å². The minimum atomic E-state index is 0.180. The molecule has 0 atom stereocenters. The highest BCUT2D eigenvalue weighted by Gasteiger charge is 1.96. The number of nitrogens with two attached hydrogens (primary N) is 1. The summed E-state index contributed by atoms with van der Waals surface area (Å²) in [6, 6.07) is 7.80. The summed E-state index contributed by atoms with van der Waals surface area (Å²) in [7, 11) is 0. The van der Waals surface area contributed by atoms with Gasteiger partial charge in [0.05, 0.1) is 11.6 Å². The van der Waals surface area contributed by atoms with Crippen LogP contribution in [-0.4, -0.2) is 23.3 Å². The number of rotatable bonds is 8. The fraction of sp³-hybridized carbons (Fsp3) is 0.462. The van der Waals surface area contributed by atoms with Gasteiger partial charge in [-0.1, -0.05) is 24.4 Å². The largest absolute Gasteiger partial charge is 0.494 e. The molecule has 0 unspecified atom stereocenters. The van der Waals surface area contributed by atoms with E-state index >= 15 is 0 Å². The fourth-order valence-electron chi connectivity index (χ4n) is 1.47. The van der Waals surface area contributed by atoms with Crippen molar-refractivity contribution in [3.8, 4) is 5.75 Å². The fourth-order valence-corrected chi connectivity index (χ4v) is 1.62. The van der Waals surface area contributed by atoms with Crippen molar-refractivity contribution in [1.82, 2.24) is 0 Å². The van der Waals surface area contributed by atoms with Gasteiger partial charge >= 0.3 is 0 Å². The van der Waals surface area contributed by atoms with Gasteiger partial charge in [0, 0.05) is 6.61 Å². The number of ether oxygens (including phenoxy) is 1. The Balaban J connectivity index is 2.20. The maximum Gasteiger partial charge on any atom is 0.119 e. The van der Waals surface area contributed by atoms with E-state index in [1.54, 1.807) is 0 Å². The lowest BCUT2D eigenvalue weighted by Crippen LogP contribution is -2.08. The Kier molecular flexibility index (Phi) is 6.58. The van der Waals surface area contributed by atoms with Crippen LogP contribution in [0.5, 0.6) is 5.75 Å². The van der Waals surface area contributed by atoms with E-state index in [9.17, 15) is 0 Å². The van der Waals surface area contributed by atoms with E-state index in [2.05, 4.69) is 0 Å². The molecule has 17 heavy (non-hydrogen) atoms. The first-order chi connectivity index (χ1) is 8.22. The van der Waals surface area contributed by atoms with E-state index in [-0.39, 0.29) is 6.61 Å². The normalized spacial score (nSPS) is 10.2. The highest BCUT2D eigenvalue weighted by atomic mass is 32.1. The molecule has 0 heterocycles. The van der Waals surface area contributed by atoms with Gasteiger partial charge in [-0.15, -0.1) is 0 Å². The number of hydrogen-bond donors (Lipinski definition) is 2. The van der Waals surface area contributed by atoms with Crippen LogP contribution in [0, 0.1) is 0 Å². The number of thiocarbonyl (C=S) groups is 1. The molecule has 1 aromatic carbocycles. The van der Waals surface area contributed by atoms with Crippen molar-refractivity contribution >= 4 is 17.2 Å². The van der Waals surface area contributed by atoms with Crippen LogP contribution < -0.4 is 10.5 Å². The quantitative estimate of drug-likeness (QED) is 0.550. The Hall–Kier alpha value is -1.13. The Bertz CT molecular complexity index is 338. The third-order valence-electron chi connectivity index (χ3n) is 2.41. The van der Waals surface area contributed by atoms with Crippen LogP contribution in [-0.2, 0) is 6.42 Å². The Morgan fingerprint density at radius 2 is 1.94 bits per heavy atom. The summed E-state index contributed by atoms with van der Waals surface area (Å²) in [6.07, 6.45) is 3.40. The van der Waals surface area contributed by atoms with Crippen molar-refractivity contribution in [1.29, 1.82) is 0 Å². The van der Waals surface area contributed by atoms with Gasteiger partial charge in [-0.2, -0.15) is 0 Å². The molecule has 0 spiro atoms. The summed E-state index contributed by atoms with van der Waals surface area (Å²) < 4.78 is 5.57. The zero-order valence-electron chi connectivity index (χ0n) is 9.89. The first kappa shape index (κ1) is 13.9. The monoisotopic (exact) mass is 253 g/mol. The summed E-state index contributed by atoms with van der Waals surface area (Å²) >= 11 is 4.79. The molecule has 0 fully saturated rings. The van der Waals surface area contributed by atoms with Gasteiger partial charge in [0.1, 0.15) is 5.75 Å². The van der Waals surface area contributed by atoms with Crippen LogP contribution in [0.15, 0.2) is 24.3 Å². The topological polar surface area (TPSA) is 55.5 Å². The van der Waals surface area contributed by atoms with Gasteiger partial charge in [-0.25, -0.2) is 0 Å². The lowest BCUT2D eigenvalue weighted by atomic mass is 10.1. The van der Waals surface area contributed by atoms with E-state index in [1.807, 2.05) is 24.3 Å². The molecule has 0 aliphatic carbocycles. The highest BCUT2D eigenvalue weighted by Crippen LogP contribution is 2.13. The molecule has 1 aromatic rings. The van der Waals surface area contributed by atoms with Crippen LogP contribution in [0.2, 0.25) is 0 Å². The lowest BCUT2D eigenvalue weighted by molar-refractivity contribution is 0.298. The second-order valence-electron chi connectivity index (χ2n) is 3.89. The molecule has 0 aliphatic heterocycles. The van der Waals surface area contributed by atoms with Crippen molar-refractivity contribution in [3.63, 3.8) is 0 Å². The zero-order valence-corrected chi connectivity index (χ0v) is 10.7. The van der Waals surface area contributed by atoms with Crippen LogP contribution in [0.3, 0.4) is 0 Å². The summed E-state index contributed by atoms with van der Waals surface area (Å²) in [5, 5.41) is 8.78. The summed E-state index contributed by atoms with van der Waals surface area (Å²) in [5.74, 6) is 0.863. The highest BCUT2D eigenvalue weighted by molar-refractivity contribution is 7.80. The second kappa shape index (κ2) is 8.03. The molecule has 3 N–H and O–H groups in total. The molecular formula is C13H19NO2S. The summed E-state index contributed by atoms with van der Waals surface area (Å²) in [5.41, 5.74) is 6.52. The Labute approximate surface area is 108 Å². The minimum Gasteiger partial charge on any atom is -0.494 e. The van der Waals surface area contributed by atoms with Gasteiger partial charge in [-0.05, 0) is 43.4 Å². The van der Waals surface area contributed by atoms with Crippen molar-refractivity contribution in [2.45, 2.75) is 25.7 Å². The second-order valence-corrected chi connectivity index (χ2v) is 4.41. The van der Waals surface area contributed by atoms with E-state index < -0.39 is 0 Å². The zero-order chi connectivity index (χ0) is 12.5. The lowest BCUT2D eigenvalue weighted by Gasteiger charge is -2.06. The Morgan fingerprint density at radius 1 is 1.24 bits per heavy atom. The van der Waals surface area contributed by atoms with Gasteiger partial charge in [0.2, 0.25) is 0 Å². The van der Waals surface area contributed by atoms with E-state index in [0.29, 0.717) is 18.0 Å². The molecule has 0 aromatic heterocycles. The maximum atomic E-state index is 8.78. The number of benzene rings is 1. The molecule has 0 radical (unpaired) electrons. The SMILES string of the molecule is NC(=S)CCCCOc1ccc(CCO)cc1. The third-order valence-corrected chi connectivity index (χ3v) is 2.61. The molecule has 0 bridgehead atoms. The van der Waals surface area contributed by atoms with Gasteiger partial charge in [0.25, 0.3) is 0 Å². The van der Waals surface area contributed by atoms with E-state index in [1.165, 1.54) is 0 Å². The van der Waals surface area contributed by atoms with Crippen molar-refractivity contribution in [3.05, 3.63) is 29.8 Å². The van der Waals surface area contributed by atoms with Gasteiger partial charge in [0.15, 0.2) is 0 Å². The number of aliphatic hydroxyl groups is 1. The summed E-state index contributed by atoms with van der Waals surface area (Å²) in [6.45, 7) is 0.862. The van der Waals surface area contributed by atoms with Crippen molar-refractivity contribution in [2.75, 3.05) is 13.2 Å². The smallest absolute Gasteiger partial charge is 0.119 e. The molecule has 3 nitrogen and oxygen atoms in total. The third kappa shape index (κ3) is 6.24. The van der Waals surface area contributed by atoms with E-state index in [0.717, 1.165) is 30.6 Å². The first-order valence-corrected chi connectivity index (χ1v) is 6.24. The van der Waals surface area contributed by atoms with Crippen molar-refractivity contribution < 1.29 is 9.84 Å². The minimum absolute atomic E-state index is 0.180. The van der Waals surface area contributed by atoms with Crippen LogP contribution in [0.1, 0.15) is 24.8 Å². The molecule has 0 aliphatic rings.